The van der Waals surface area contributed by atoms with Gasteiger partial charge in [0.1, 0.15) is 0 Å². The number of aromatic amines is 1. The van der Waals surface area contributed by atoms with E-state index < -0.39 is 0 Å². The summed E-state index contributed by atoms with van der Waals surface area (Å²) in [7, 11) is 0. The van der Waals surface area contributed by atoms with E-state index in [1.165, 1.54) is 5.56 Å². The molecule has 1 aliphatic rings. The van der Waals surface area contributed by atoms with E-state index in [0.717, 1.165) is 66.1 Å². The van der Waals surface area contributed by atoms with Crippen LogP contribution in [0.4, 0.5) is 17.2 Å². The van der Waals surface area contributed by atoms with Crippen molar-refractivity contribution in [1.29, 1.82) is 0 Å². The van der Waals surface area contributed by atoms with Crippen molar-refractivity contribution in [3.63, 3.8) is 0 Å². The Morgan fingerprint density at radius 3 is 3.08 bits per heavy atom. The van der Waals surface area contributed by atoms with Crippen molar-refractivity contribution in [2.45, 2.75) is 39.2 Å². The summed E-state index contributed by atoms with van der Waals surface area (Å²) in [5.74, 6) is 0.943. The summed E-state index contributed by atoms with van der Waals surface area (Å²) in [6.45, 7) is 6.10. The summed E-state index contributed by atoms with van der Waals surface area (Å²) in [4.78, 5) is 7.07. The Kier molecular flexibility index (Phi) is 4.41. The van der Waals surface area contributed by atoms with Crippen molar-refractivity contribution in [3.05, 3.63) is 41.7 Å². The molecule has 0 spiro atoms. The molecule has 3 aromatic rings. The lowest BCUT2D eigenvalue weighted by atomic mass is 10.0. The van der Waals surface area contributed by atoms with Crippen LogP contribution in [-0.4, -0.2) is 34.3 Å². The van der Waals surface area contributed by atoms with Crippen LogP contribution in [-0.2, 0) is 6.42 Å². The van der Waals surface area contributed by atoms with E-state index in [-0.39, 0.29) is 0 Å². The number of nitrogens with zero attached hydrogens (tertiary/aromatic N) is 3. The second kappa shape index (κ2) is 6.86. The van der Waals surface area contributed by atoms with E-state index in [0.29, 0.717) is 6.04 Å². The summed E-state index contributed by atoms with van der Waals surface area (Å²) >= 11 is 0. The second-order valence-corrected chi connectivity index (χ2v) is 7.12. The molecule has 1 saturated heterocycles. The van der Waals surface area contributed by atoms with Gasteiger partial charge in [-0.2, -0.15) is 5.10 Å². The molecule has 3 heterocycles. The summed E-state index contributed by atoms with van der Waals surface area (Å²) in [5, 5.41) is 11.9. The first-order valence-electron chi connectivity index (χ1n) is 9.34. The zero-order valence-electron chi connectivity index (χ0n) is 15.4. The number of hydrogen-bond acceptors (Lipinski definition) is 5. The van der Waals surface area contributed by atoms with Gasteiger partial charge in [-0.15, -0.1) is 0 Å². The van der Waals surface area contributed by atoms with Crippen LogP contribution in [0.1, 0.15) is 31.0 Å². The average Bonchev–Trinajstić information content (AvgIpc) is 3.11. The van der Waals surface area contributed by atoms with Crippen LogP contribution in [0.5, 0.6) is 0 Å². The highest BCUT2D eigenvalue weighted by molar-refractivity contribution is 5.81. The van der Waals surface area contributed by atoms with E-state index in [1.807, 2.05) is 13.1 Å². The molecule has 0 saturated carbocycles. The first-order valence-corrected chi connectivity index (χ1v) is 9.34. The highest BCUT2D eigenvalue weighted by Gasteiger charge is 2.23. The normalized spacial score (nSPS) is 17.6. The van der Waals surface area contributed by atoms with Gasteiger partial charge in [-0.1, -0.05) is 6.92 Å². The molecule has 0 radical (unpaired) electrons. The second-order valence-electron chi connectivity index (χ2n) is 7.12. The van der Waals surface area contributed by atoms with Crippen molar-refractivity contribution in [2.75, 3.05) is 29.0 Å². The van der Waals surface area contributed by atoms with Gasteiger partial charge in [-0.05, 0) is 56.0 Å². The molecule has 26 heavy (non-hydrogen) atoms. The molecule has 1 fully saturated rings. The predicted molar refractivity (Wildman–Crippen MR) is 108 cm³/mol. The molecule has 1 unspecified atom stereocenters. The number of nitrogen functional groups attached to an aromatic ring is 1. The molecule has 136 valence electrons. The Hall–Kier alpha value is -2.76. The number of benzene rings is 1. The monoisotopic (exact) mass is 350 g/mol. The molecule has 1 aliphatic heterocycles. The SMILES string of the molecule is CCc1cc(C)nc(N2CCCC(Nc3ccc4[nH]ncc4c3)C2)c1N. The van der Waals surface area contributed by atoms with Crippen LogP contribution in [0.15, 0.2) is 30.5 Å². The molecule has 1 atom stereocenters. The maximum Gasteiger partial charge on any atom is 0.152 e. The lowest BCUT2D eigenvalue weighted by molar-refractivity contribution is 0.527. The Morgan fingerprint density at radius 1 is 1.35 bits per heavy atom. The fourth-order valence-electron chi connectivity index (χ4n) is 3.82. The maximum atomic E-state index is 6.41. The predicted octanol–water partition coefficient (Wildman–Crippen LogP) is 3.49. The van der Waals surface area contributed by atoms with Crippen LogP contribution >= 0.6 is 0 Å². The van der Waals surface area contributed by atoms with Gasteiger partial charge < -0.3 is 16.0 Å². The van der Waals surface area contributed by atoms with Crippen LogP contribution in [0.3, 0.4) is 0 Å². The van der Waals surface area contributed by atoms with Crippen LogP contribution in [0.2, 0.25) is 0 Å². The number of aryl methyl sites for hydroxylation is 2. The molecule has 6 heteroatoms. The molecule has 6 nitrogen and oxygen atoms in total. The molecule has 2 aromatic heterocycles. The topological polar surface area (TPSA) is 82.9 Å². The maximum absolute atomic E-state index is 6.41. The number of hydrogen-bond donors (Lipinski definition) is 3. The molecule has 0 amide bonds. The Labute approximate surface area is 153 Å². The first kappa shape index (κ1) is 16.7. The van der Waals surface area contributed by atoms with Crippen molar-refractivity contribution in [2.24, 2.45) is 0 Å². The van der Waals surface area contributed by atoms with Crippen LogP contribution in [0.25, 0.3) is 10.9 Å². The number of nitrogens with one attached hydrogen (secondary N) is 2. The molecule has 4 N–H and O–H groups in total. The highest BCUT2D eigenvalue weighted by atomic mass is 15.2. The molecule has 0 bridgehead atoms. The van der Waals surface area contributed by atoms with Gasteiger partial charge in [0, 0.05) is 35.9 Å². The molecular weight excluding hydrogens is 324 g/mol. The van der Waals surface area contributed by atoms with Crippen molar-refractivity contribution in [1.82, 2.24) is 15.2 Å². The van der Waals surface area contributed by atoms with Gasteiger partial charge in [0.2, 0.25) is 0 Å². The van der Waals surface area contributed by atoms with E-state index in [1.54, 1.807) is 0 Å². The summed E-state index contributed by atoms with van der Waals surface area (Å²) < 4.78 is 0. The number of fused-ring (bicyclic) bond motifs is 1. The first-order chi connectivity index (χ1) is 12.6. The average molecular weight is 350 g/mol. The number of nitrogens with two attached hydrogens (primary N) is 1. The minimum absolute atomic E-state index is 0.375. The number of anilines is 3. The summed E-state index contributed by atoms with van der Waals surface area (Å²) in [5.41, 5.74) is 11.7. The van der Waals surface area contributed by atoms with Gasteiger partial charge in [0.25, 0.3) is 0 Å². The zero-order valence-corrected chi connectivity index (χ0v) is 15.4. The Balaban J connectivity index is 1.53. The van der Waals surface area contributed by atoms with Gasteiger partial charge in [0.05, 0.1) is 17.4 Å². The molecular formula is C20H26N6. The van der Waals surface area contributed by atoms with Crippen molar-refractivity contribution >= 4 is 28.1 Å². The van der Waals surface area contributed by atoms with E-state index in [4.69, 9.17) is 10.7 Å². The van der Waals surface area contributed by atoms with Gasteiger partial charge in [-0.25, -0.2) is 4.98 Å². The number of H-pyrrole nitrogens is 1. The van der Waals surface area contributed by atoms with E-state index in [9.17, 15) is 0 Å². The largest absolute Gasteiger partial charge is 0.396 e. The zero-order chi connectivity index (χ0) is 18.1. The number of aromatic nitrogens is 3. The third-order valence-electron chi connectivity index (χ3n) is 5.17. The van der Waals surface area contributed by atoms with Crippen molar-refractivity contribution < 1.29 is 0 Å². The van der Waals surface area contributed by atoms with E-state index in [2.05, 4.69) is 51.6 Å². The van der Waals surface area contributed by atoms with Crippen molar-refractivity contribution in [3.8, 4) is 0 Å². The van der Waals surface area contributed by atoms with E-state index >= 15 is 0 Å². The fourth-order valence-corrected chi connectivity index (χ4v) is 3.82. The fraction of sp³-hybridized carbons (Fsp3) is 0.400. The molecule has 4 rings (SSSR count). The Bertz CT molecular complexity index is 916. The smallest absolute Gasteiger partial charge is 0.152 e. The quantitative estimate of drug-likeness (QED) is 0.671. The van der Waals surface area contributed by atoms with Crippen LogP contribution < -0.4 is 16.0 Å². The number of rotatable bonds is 4. The lowest BCUT2D eigenvalue weighted by Crippen LogP contribution is -2.43. The van der Waals surface area contributed by atoms with Crippen LogP contribution in [0, 0.1) is 6.92 Å². The highest BCUT2D eigenvalue weighted by Crippen LogP contribution is 2.29. The molecule has 0 aliphatic carbocycles. The van der Waals surface area contributed by atoms with Gasteiger partial charge in [-0.3, -0.25) is 5.10 Å². The van der Waals surface area contributed by atoms with Gasteiger partial charge in [0.15, 0.2) is 5.82 Å². The van der Waals surface area contributed by atoms with Gasteiger partial charge >= 0.3 is 0 Å². The lowest BCUT2D eigenvalue weighted by Gasteiger charge is -2.35. The summed E-state index contributed by atoms with van der Waals surface area (Å²) in [6, 6.07) is 8.79. The third kappa shape index (κ3) is 3.19. The standard InChI is InChI=1S/C20H26N6/c1-3-14-9-13(2)23-20(19(14)21)26-8-4-5-17(12-26)24-16-6-7-18-15(10-16)11-22-25-18/h6-7,9-11,17,24H,3-5,8,12,21H2,1-2H3,(H,22,25). The number of pyridine rings is 1. The summed E-state index contributed by atoms with van der Waals surface area (Å²) in [6.07, 6.45) is 5.06. The Morgan fingerprint density at radius 2 is 2.23 bits per heavy atom. The molecule has 1 aromatic carbocycles. The third-order valence-corrected chi connectivity index (χ3v) is 5.17. The number of piperidine rings is 1. The minimum Gasteiger partial charge on any atom is -0.396 e. The minimum atomic E-state index is 0.375.